The molecule has 0 aliphatic heterocycles. The normalized spacial score (nSPS) is 18.8. The molecule has 0 heterocycles. The van der Waals surface area contributed by atoms with E-state index in [-0.39, 0.29) is 12.1 Å². The zero-order chi connectivity index (χ0) is 9.56. The molecule has 5 N–H and O–H groups in total. The second-order valence-corrected chi connectivity index (χ2v) is 3.03. The van der Waals surface area contributed by atoms with Gasteiger partial charge in [0, 0.05) is 6.54 Å². The first kappa shape index (κ1) is 11.8. The lowest BCUT2D eigenvalue weighted by Gasteiger charge is -2.21. The lowest BCUT2D eigenvalue weighted by Crippen LogP contribution is -2.39. The maximum atomic E-state index is 9.35. The van der Waals surface area contributed by atoms with E-state index in [1.165, 1.54) is 0 Å². The van der Waals surface area contributed by atoms with Gasteiger partial charge in [-0.05, 0) is 13.3 Å². The van der Waals surface area contributed by atoms with Crippen LogP contribution in [-0.2, 0) is 4.74 Å². The van der Waals surface area contributed by atoms with Crippen LogP contribution in [0.5, 0.6) is 0 Å². The molecule has 0 bridgehead atoms. The predicted molar refractivity (Wildman–Crippen MR) is 48.5 cm³/mol. The molecule has 0 aromatic carbocycles. The van der Waals surface area contributed by atoms with Crippen LogP contribution in [0.3, 0.4) is 0 Å². The van der Waals surface area contributed by atoms with Crippen molar-refractivity contribution in [3.8, 4) is 0 Å². The SMILES string of the molecule is CCCC(N)C(O)OC(C)CN. The fraction of sp³-hybridized carbons (Fsp3) is 1.00. The van der Waals surface area contributed by atoms with Crippen molar-refractivity contribution in [1.82, 2.24) is 0 Å². The highest BCUT2D eigenvalue weighted by Crippen LogP contribution is 2.03. The first-order chi connectivity index (χ1) is 5.61. The highest BCUT2D eigenvalue weighted by Gasteiger charge is 2.16. The molecule has 0 radical (unpaired) electrons. The third-order valence-corrected chi connectivity index (χ3v) is 1.69. The summed E-state index contributed by atoms with van der Waals surface area (Å²) in [6.07, 6.45) is 0.684. The Labute approximate surface area is 73.9 Å². The second kappa shape index (κ2) is 6.37. The summed E-state index contributed by atoms with van der Waals surface area (Å²) in [7, 11) is 0. The number of aliphatic hydroxyl groups excluding tert-OH is 1. The Morgan fingerprint density at radius 3 is 2.50 bits per heavy atom. The molecule has 0 aliphatic carbocycles. The quantitative estimate of drug-likeness (QED) is 0.489. The average Bonchev–Trinajstić information content (AvgIpc) is 2.04. The van der Waals surface area contributed by atoms with Crippen molar-refractivity contribution in [2.45, 2.75) is 45.1 Å². The lowest BCUT2D eigenvalue weighted by atomic mass is 10.2. The summed E-state index contributed by atoms with van der Waals surface area (Å²) in [4.78, 5) is 0. The van der Waals surface area contributed by atoms with E-state index in [0.29, 0.717) is 6.54 Å². The van der Waals surface area contributed by atoms with E-state index in [9.17, 15) is 5.11 Å². The summed E-state index contributed by atoms with van der Waals surface area (Å²) in [6.45, 7) is 4.22. The summed E-state index contributed by atoms with van der Waals surface area (Å²) in [5.74, 6) is 0. The first-order valence-corrected chi connectivity index (χ1v) is 4.41. The molecule has 4 heteroatoms. The number of rotatable bonds is 6. The molecule has 0 spiro atoms. The molecule has 0 amide bonds. The van der Waals surface area contributed by atoms with Crippen LogP contribution in [0.4, 0.5) is 0 Å². The smallest absolute Gasteiger partial charge is 0.170 e. The van der Waals surface area contributed by atoms with E-state index in [1.807, 2.05) is 13.8 Å². The van der Waals surface area contributed by atoms with E-state index in [2.05, 4.69) is 0 Å². The highest BCUT2D eigenvalue weighted by atomic mass is 16.6. The Bertz CT molecular complexity index is 111. The van der Waals surface area contributed by atoms with Gasteiger partial charge < -0.3 is 21.3 Å². The molecule has 0 rings (SSSR count). The average molecular weight is 176 g/mol. The van der Waals surface area contributed by atoms with Crippen LogP contribution in [0.2, 0.25) is 0 Å². The van der Waals surface area contributed by atoms with Crippen molar-refractivity contribution in [2.24, 2.45) is 11.5 Å². The zero-order valence-electron chi connectivity index (χ0n) is 7.86. The first-order valence-electron chi connectivity index (χ1n) is 4.41. The summed E-state index contributed by atoms with van der Waals surface area (Å²) in [5.41, 5.74) is 10.9. The number of hydrogen-bond acceptors (Lipinski definition) is 4. The molecule has 0 aromatic rings. The van der Waals surface area contributed by atoms with Gasteiger partial charge in [-0.2, -0.15) is 0 Å². The summed E-state index contributed by atoms with van der Waals surface area (Å²) < 4.78 is 5.12. The van der Waals surface area contributed by atoms with Gasteiger partial charge in [-0.1, -0.05) is 13.3 Å². The lowest BCUT2D eigenvalue weighted by molar-refractivity contribution is -0.140. The zero-order valence-corrected chi connectivity index (χ0v) is 7.86. The fourth-order valence-electron chi connectivity index (χ4n) is 0.870. The van der Waals surface area contributed by atoms with Gasteiger partial charge in [-0.15, -0.1) is 0 Å². The van der Waals surface area contributed by atoms with Gasteiger partial charge >= 0.3 is 0 Å². The summed E-state index contributed by atoms with van der Waals surface area (Å²) in [5, 5.41) is 9.35. The Hall–Kier alpha value is -0.160. The fourth-order valence-corrected chi connectivity index (χ4v) is 0.870. The van der Waals surface area contributed by atoms with Gasteiger partial charge in [0.05, 0.1) is 12.1 Å². The summed E-state index contributed by atoms with van der Waals surface area (Å²) >= 11 is 0. The Morgan fingerprint density at radius 2 is 2.08 bits per heavy atom. The Balaban J connectivity index is 3.62. The number of hydrogen-bond donors (Lipinski definition) is 3. The van der Waals surface area contributed by atoms with Gasteiger partial charge in [0.2, 0.25) is 0 Å². The van der Waals surface area contributed by atoms with Gasteiger partial charge in [-0.3, -0.25) is 0 Å². The standard InChI is InChI=1S/C8H20N2O2/c1-3-4-7(10)8(11)12-6(2)5-9/h6-8,11H,3-5,9-10H2,1-2H3. The van der Waals surface area contributed by atoms with Crippen LogP contribution in [0, 0.1) is 0 Å². The number of ether oxygens (including phenoxy) is 1. The summed E-state index contributed by atoms with van der Waals surface area (Å²) in [6, 6.07) is -0.302. The topological polar surface area (TPSA) is 81.5 Å². The number of nitrogens with two attached hydrogens (primary N) is 2. The molecule has 0 saturated heterocycles. The van der Waals surface area contributed by atoms with Crippen molar-refractivity contribution in [1.29, 1.82) is 0 Å². The van der Waals surface area contributed by atoms with Crippen LogP contribution in [0.1, 0.15) is 26.7 Å². The van der Waals surface area contributed by atoms with Crippen molar-refractivity contribution in [3.63, 3.8) is 0 Å². The van der Waals surface area contributed by atoms with Crippen LogP contribution < -0.4 is 11.5 Å². The van der Waals surface area contributed by atoms with E-state index >= 15 is 0 Å². The van der Waals surface area contributed by atoms with Crippen LogP contribution in [0.25, 0.3) is 0 Å². The molecule has 12 heavy (non-hydrogen) atoms. The third-order valence-electron chi connectivity index (χ3n) is 1.69. The van der Waals surface area contributed by atoms with E-state index < -0.39 is 6.29 Å². The minimum atomic E-state index is -0.886. The molecule has 0 aliphatic rings. The van der Waals surface area contributed by atoms with Crippen LogP contribution in [-0.4, -0.2) is 30.1 Å². The molecule has 0 saturated carbocycles. The number of aliphatic hydroxyl groups is 1. The largest absolute Gasteiger partial charge is 0.367 e. The molecule has 0 aromatic heterocycles. The Kier molecular flexibility index (Phi) is 6.28. The van der Waals surface area contributed by atoms with Crippen molar-refractivity contribution >= 4 is 0 Å². The van der Waals surface area contributed by atoms with Gasteiger partial charge in [0.1, 0.15) is 0 Å². The molecule has 3 unspecified atom stereocenters. The third kappa shape index (κ3) is 4.66. The highest BCUT2D eigenvalue weighted by molar-refractivity contribution is 4.64. The van der Waals surface area contributed by atoms with Gasteiger partial charge in [0.15, 0.2) is 6.29 Å². The van der Waals surface area contributed by atoms with Crippen LogP contribution >= 0.6 is 0 Å². The predicted octanol–water partition coefficient (Wildman–Crippen LogP) is -0.204. The maximum absolute atomic E-state index is 9.35. The molecule has 3 atom stereocenters. The van der Waals surface area contributed by atoms with Crippen molar-refractivity contribution in [3.05, 3.63) is 0 Å². The maximum Gasteiger partial charge on any atom is 0.170 e. The molecule has 4 nitrogen and oxygen atoms in total. The van der Waals surface area contributed by atoms with Crippen molar-refractivity contribution in [2.75, 3.05) is 6.54 Å². The van der Waals surface area contributed by atoms with E-state index in [0.717, 1.165) is 12.8 Å². The molecular weight excluding hydrogens is 156 g/mol. The minimum absolute atomic E-state index is 0.136. The monoisotopic (exact) mass is 176 g/mol. The Morgan fingerprint density at radius 1 is 1.50 bits per heavy atom. The minimum Gasteiger partial charge on any atom is -0.367 e. The second-order valence-electron chi connectivity index (χ2n) is 3.03. The van der Waals surface area contributed by atoms with Gasteiger partial charge in [-0.25, -0.2) is 0 Å². The van der Waals surface area contributed by atoms with Crippen molar-refractivity contribution < 1.29 is 9.84 Å². The molecular formula is C8H20N2O2. The van der Waals surface area contributed by atoms with E-state index in [4.69, 9.17) is 16.2 Å². The molecule has 0 fully saturated rings. The molecule has 74 valence electrons. The van der Waals surface area contributed by atoms with Crippen LogP contribution in [0.15, 0.2) is 0 Å². The van der Waals surface area contributed by atoms with Gasteiger partial charge in [0.25, 0.3) is 0 Å². The van der Waals surface area contributed by atoms with E-state index in [1.54, 1.807) is 0 Å².